The summed E-state index contributed by atoms with van der Waals surface area (Å²) in [5.41, 5.74) is 0. The molecule has 1 fully saturated rings. The average Bonchev–Trinajstić information content (AvgIpc) is 2.19. The summed E-state index contributed by atoms with van der Waals surface area (Å²) >= 11 is 0. The first kappa shape index (κ1) is 15.8. The van der Waals surface area contributed by atoms with Crippen molar-refractivity contribution in [2.24, 2.45) is 5.92 Å². The second-order valence-electron chi connectivity index (χ2n) is 3.99. The molecule has 4 nitrogen and oxygen atoms in total. The van der Waals surface area contributed by atoms with E-state index in [9.17, 15) is 9.36 Å². The van der Waals surface area contributed by atoms with Gasteiger partial charge in [0.2, 0.25) is 0 Å². The smallest absolute Gasteiger partial charge is 0.324 e. The van der Waals surface area contributed by atoms with Crippen LogP contribution in [0, 0.1) is 5.92 Å². The fraction of sp³-hybridized carbons (Fsp3) is 0.909. The standard InChI is InChI=1S/C9H17O4P.C2H6/c1-7(10)8-3-5-9(6-4-8)13-14(2,11)12;1-2/h8-9H,3-6H2,1-2H3,(H,11,12);1-2H3. The van der Waals surface area contributed by atoms with E-state index in [0.717, 1.165) is 12.8 Å². The highest BCUT2D eigenvalue weighted by Crippen LogP contribution is 2.42. The summed E-state index contributed by atoms with van der Waals surface area (Å²) in [6.45, 7) is 6.80. The van der Waals surface area contributed by atoms with Crippen LogP contribution in [0.4, 0.5) is 0 Å². The average molecular weight is 250 g/mol. The van der Waals surface area contributed by atoms with Crippen LogP contribution >= 0.6 is 7.60 Å². The van der Waals surface area contributed by atoms with E-state index < -0.39 is 7.60 Å². The zero-order valence-corrected chi connectivity index (χ0v) is 11.5. The van der Waals surface area contributed by atoms with Crippen molar-refractivity contribution >= 4 is 13.4 Å². The van der Waals surface area contributed by atoms with Crippen LogP contribution in [0.3, 0.4) is 0 Å². The molecule has 0 bridgehead atoms. The van der Waals surface area contributed by atoms with E-state index in [-0.39, 0.29) is 17.8 Å². The van der Waals surface area contributed by atoms with Gasteiger partial charge in [-0.15, -0.1) is 0 Å². The van der Waals surface area contributed by atoms with Crippen LogP contribution in [-0.4, -0.2) is 23.4 Å². The van der Waals surface area contributed by atoms with Crippen LogP contribution < -0.4 is 0 Å². The number of carbonyl (C=O) groups is 1. The van der Waals surface area contributed by atoms with Crippen LogP contribution in [0.15, 0.2) is 0 Å². The van der Waals surface area contributed by atoms with Crippen molar-refractivity contribution in [3.05, 3.63) is 0 Å². The summed E-state index contributed by atoms with van der Waals surface area (Å²) in [5, 5.41) is 0. The molecular weight excluding hydrogens is 227 g/mol. The maximum absolute atomic E-state index is 11.0. The molecule has 0 aromatic carbocycles. The van der Waals surface area contributed by atoms with Gasteiger partial charge in [0.15, 0.2) is 0 Å². The predicted molar refractivity (Wildman–Crippen MR) is 64.6 cm³/mol. The van der Waals surface area contributed by atoms with Gasteiger partial charge in [-0.2, -0.15) is 0 Å². The van der Waals surface area contributed by atoms with Crippen LogP contribution in [0.1, 0.15) is 46.5 Å². The minimum Gasteiger partial charge on any atom is -0.324 e. The third-order valence-corrected chi connectivity index (χ3v) is 3.28. The number of hydrogen-bond donors (Lipinski definition) is 1. The fourth-order valence-electron chi connectivity index (χ4n) is 1.85. The van der Waals surface area contributed by atoms with Gasteiger partial charge in [-0.3, -0.25) is 9.36 Å². The van der Waals surface area contributed by atoms with E-state index in [1.165, 1.54) is 6.66 Å². The Labute approximate surface area is 97.9 Å². The van der Waals surface area contributed by atoms with Gasteiger partial charge in [-0.05, 0) is 32.6 Å². The van der Waals surface area contributed by atoms with Crippen molar-refractivity contribution < 1.29 is 18.8 Å². The summed E-state index contributed by atoms with van der Waals surface area (Å²) in [6, 6.07) is 0. The second-order valence-corrected chi connectivity index (χ2v) is 5.81. The molecule has 16 heavy (non-hydrogen) atoms. The minimum atomic E-state index is -3.36. The van der Waals surface area contributed by atoms with E-state index in [1.807, 2.05) is 13.8 Å². The molecule has 0 aromatic rings. The molecular formula is C11H23O4P. The Bertz CT molecular complexity index is 251. The van der Waals surface area contributed by atoms with Gasteiger partial charge in [-0.1, -0.05) is 13.8 Å². The van der Waals surface area contributed by atoms with Gasteiger partial charge in [0.25, 0.3) is 0 Å². The third kappa shape index (κ3) is 6.41. The number of carbonyl (C=O) groups excluding carboxylic acids is 1. The maximum atomic E-state index is 11.0. The molecule has 1 unspecified atom stereocenters. The lowest BCUT2D eigenvalue weighted by Gasteiger charge is -2.27. The number of hydrogen-bond acceptors (Lipinski definition) is 3. The summed E-state index contributed by atoms with van der Waals surface area (Å²) in [6.07, 6.45) is 2.83. The lowest BCUT2D eigenvalue weighted by atomic mass is 9.85. The largest absolute Gasteiger partial charge is 0.325 e. The first-order chi connectivity index (χ1) is 7.38. The summed E-state index contributed by atoms with van der Waals surface area (Å²) in [4.78, 5) is 20.1. The van der Waals surface area contributed by atoms with Gasteiger partial charge in [0.05, 0.1) is 6.10 Å². The Balaban J connectivity index is 0.00000106. The SMILES string of the molecule is CC.CC(=O)C1CCC(OP(C)(=O)O)CC1. The van der Waals surface area contributed by atoms with E-state index in [2.05, 4.69) is 0 Å². The molecule has 1 rings (SSSR count). The van der Waals surface area contributed by atoms with E-state index >= 15 is 0 Å². The Hall–Kier alpha value is -0.180. The normalized spacial score (nSPS) is 28.6. The van der Waals surface area contributed by atoms with E-state index in [1.54, 1.807) is 6.92 Å². The molecule has 1 aliphatic rings. The van der Waals surface area contributed by atoms with E-state index in [0.29, 0.717) is 12.8 Å². The molecule has 96 valence electrons. The first-order valence-corrected chi connectivity index (χ1v) is 7.90. The van der Waals surface area contributed by atoms with Crippen molar-refractivity contribution in [2.45, 2.75) is 52.6 Å². The lowest BCUT2D eigenvalue weighted by Crippen LogP contribution is -2.24. The topological polar surface area (TPSA) is 63.6 Å². The Morgan fingerprint density at radius 1 is 1.25 bits per heavy atom. The van der Waals surface area contributed by atoms with Crippen molar-refractivity contribution in [1.82, 2.24) is 0 Å². The third-order valence-electron chi connectivity index (χ3n) is 2.59. The van der Waals surface area contributed by atoms with Gasteiger partial charge in [-0.25, -0.2) is 0 Å². The van der Waals surface area contributed by atoms with Crippen LogP contribution in [0.5, 0.6) is 0 Å². The molecule has 0 spiro atoms. The maximum Gasteiger partial charge on any atom is 0.325 e. The molecule has 0 aliphatic heterocycles. The van der Waals surface area contributed by atoms with Crippen molar-refractivity contribution in [2.75, 3.05) is 6.66 Å². The molecule has 1 N–H and O–H groups in total. The highest BCUT2D eigenvalue weighted by atomic mass is 31.2. The molecule has 0 aromatic heterocycles. The molecule has 0 amide bonds. The highest BCUT2D eigenvalue weighted by Gasteiger charge is 2.27. The molecule has 1 saturated carbocycles. The molecule has 0 heterocycles. The summed E-state index contributed by atoms with van der Waals surface area (Å²) in [5.74, 6) is 0.344. The van der Waals surface area contributed by atoms with Gasteiger partial charge in [0, 0.05) is 12.6 Å². The highest BCUT2D eigenvalue weighted by molar-refractivity contribution is 7.51. The summed E-state index contributed by atoms with van der Waals surface area (Å²) in [7, 11) is -3.36. The zero-order valence-electron chi connectivity index (χ0n) is 10.6. The van der Waals surface area contributed by atoms with Gasteiger partial charge >= 0.3 is 7.60 Å². The Morgan fingerprint density at radius 3 is 2.00 bits per heavy atom. The van der Waals surface area contributed by atoms with E-state index in [4.69, 9.17) is 9.42 Å². The predicted octanol–water partition coefficient (Wildman–Crippen LogP) is 2.99. The number of ketones is 1. The number of Topliss-reactive ketones (excluding diaryl/α,β-unsaturated/α-hetero) is 1. The molecule has 5 heteroatoms. The first-order valence-electron chi connectivity index (χ1n) is 5.87. The molecule has 1 atom stereocenters. The van der Waals surface area contributed by atoms with Crippen molar-refractivity contribution in [3.8, 4) is 0 Å². The van der Waals surface area contributed by atoms with Crippen molar-refractivity contribution in [1.29, 1.82) is 0 Å². The monoisotopic (exact) mass is 250 g/mol. The molecule has 1 aliphatic carbocycles. The van der Waals surface area contributed by atoms with Crippen molar-refractivity contribution in [3.63, 3.8) is 0 Å². The molecule has 0 saturated heterocycles. The van der Waals surface area contributed by atoms with Gasteiger partial charge < -0.3 is 9.42 Å². The Kier molecular flexibility index (Phi) is 7.12. The number of rotatable bonds is 3. The van der Waals surface area contributed by atoms with Crippen LogP contribution in [-0.2, 0) is 13.9 Å². The van der Waals surface area contributed by atoms with Gasteiger partial charge in [0.1, 0.15) is 5.78 Å². The van der Waals surface area contributed by atoms with Crippen LogP contribution in [0.25, 0.3) is 0 Å². The zero-order chi connectivity index (χ0) is 12.8. The lowest BCUT2D eigenvalue weighted by molar-refractivity contribution is -0.122. The quantitative estimate of drug-likeness (QED) is 0.782. The Morgan fingerprint density at radius 2 is 1.69 bits per heavy atom. The minimum absolute atomic E-state index is 0.129. The fourth-order valence-corrected chi connectivity index (χ4v) is 2.62. The second kappa shape index (κ2) is 7.21. The molecule has 0 radical (unpaired) electrons. The summed E-state index contributed by atoms with van der Waals surface area (Å²) < 4.78 is 16.0. The van der Waals surface area contributed by atoms with Crippen LogP contribution in [0.2, 0.25) is 0 Å².